The fourth-order valence-corrected chi connectivity index (χ4v) is 2.70. The van der Waals surface area contributed by atoms with Crippen LogP contribution >= 0.6 is 0 Å². The third-order valence-corrected chi connectivity index (χ3v) is 4.05. The van der Waals surface area contributed by atoms with Crippen molar-refractivity contribution in [3.05, 3.63) is 58.6 Å². The van der Waals surface area contributed by atoms with Gasteiger partial charge in [-0.1, -0.05) is 12.1 Å². The summed E-state index contributed by atoms with van der Waals surface area (Å²) in [4.78, 5) is 16.1. The Bertz CT molecular complexity index is 868. The van der Waals surface area contributed by atoms with Crippen molar-refractivity contribution >= 4 is 11.0 Å². The zero-order valence-electron chi connectivity index (χ0n) is 14.0. The van der Waals surface area contributed by atoms with Crippen LogP contribution < -0.4 is 15.7 Å². The van der Waals surface area contributed by atoms with Gasteiger partial charge in [0.1, 0.15) is 0 Å². The van der Waals surface area contributed by atoms with E-state index in [2.05, 4.69) is 22.4 Å². The SMILES string of the molecule is Cn1c(=O)n(C)c2cc(CNCCCOc3ccccn3)ccc21. The average Bonchev–Trinajstić information content (AvgIpc) is 2.83. The lowest BCUT2D eigenvalue weighted by atomic mass is 10.2. The van der Waals surface area contributed by atoms with Gasteiger partial charge in [-0.25, -0.2) is 9.78 Å². The van der Waals surface area contributed by atoms with Crippen molar-refractivity contribution in [1.29, 1.82) is 0 Å². The predicted octanol–water partition coefficient (Wildman–Crippen LogP) is 1.83. The largest absolute Gasteiger partial charge is 0.478 e. The van der Waals surface area contributed by atoms with E-state index in [9.17, 15) is 4.79 Å². The highest BCUT2D eigenvalue weighted by molar-refractivity contribution is 5.76. The number of nitrogens with one attached hydrogen (secondary N) is 1. The average molecular weight is 326 g/mol. The number of pyridine rings is 1. The molecule has 3 aromatic rings. The van der Waals surface area contributed by atoms with Crippen LogP contribution in [0.15, 0.2) is 47.4 Å². The minimum absolute atomic E-state index is 0.00165. The first-order chi connectivity index (χ1) is 11.7. The summed E-state index contributed by atoms with van der Waals surface area (Å²) in [6.07, 6.45) is 2.63. The van der Waals surface area contributed by atoms with E-state index >= 15 is 0 Å². The fourth-order valence-electron chi connectivity index (χ4n) is 2.70. The van der Waals surface area contributed by atoms with E-state index in [4.69, 9.17) is 4.74 Å². The van der Waals surface area contributed by atoms with Crippen molar-refractivity contribution < 1.29 is 4.74 Å². The summed E-state index contributed by atoms with van der Waals surface area (Å²) in [6, 6.07) is 11.7. The molecular formula is C18H22N4O2. The fraction of sp³-hybridized carbons (Fsp3) is 0.333. The van der Waals surface area contributed by atoms with E-state index in [0.29, 0.717) is 12.5 Å². The first kappa shape index (κ1) is 16.3. The zero-order chi connectivity index (χ0) is 16.9. The number of rotatable bonds is 7. The molecule has 0 aliphatic heterocycles. The van der Waals surface area contributed by atoms with Crippen LogP contribution in [0.1, 0.15) is 12.0 Å². The number of imidazole rings is 1. The molecule has 0 fully saturated rings. The summed E-state index contributed by atoms with van der Waals surface area (Å²) >= 11 is 0. The Morgan fingerprint density at radius 3 is 2.75 bits per heavy atom. The maximum Gasteiger partial charge on any atom is 0.328 e. The van der Waals surface area contributed by atoms with Crippen LogP contribution in [0.5, 0.6) is 5.88 Å². The second kappa shape index (κ2) is 7.31. The molecule has 6 nitrogen and oxygen atoms in total. The maximum atomic E-state index is 11.9. The van der Waals surface area contributed by atoms with Crippen LogP contribution in [0.4, 0.5) is 0 Å². The number of nitrogens with zero attached hydrogens (tertiary/aromatic N) is 3. The van der Waals surface area contributed by atoms with Crippen molar-refractivity contribution in [1.82, 2.24) is 19.4 Å². The second-order valence-corrected chi connectivity index (χ2v) is 5.77. The molecule has 0 aliphatic carbocycles. The lowest BCUT2D eigenvalue weighted by molar-refractivity contribution is 0.296. The van der Waals surface area contributed by atoms with Gasteiger partial charge >= 0.3 is 5.69 Å². The molecule has 0 radical (unpaired) electrons. The molecule has 6 heteroatoms. The number of hydrogen-bond acceptors (Lipinski definition) is 4. The normalized spacial score (nSPS) is 11.1. The number of ether oxygens (including phenoxy) is 1. The minimum Gasteiger partial charge on any atom is -0.478 e. The van der Waals surface area contributed by atoms with E-state index in [1.165, 1.54) is 0 Å². The van der Waals surface area contributed by atoms with Gasteiger partial charge in [-0.05, 0) is 36.7 Å². The Morgan fingerprint density at radius 1 is 1.12 bits per heavy atom. The first-order valence-electron chi connectivity index (χ1n) is 8.05. The van der Waals surface area contributed by atoms with E-state index < -0.39 is 0 Å². The van der Waals surface area contributed by atoms with Crippen molar-refractivity contribution in [2.75, 3.05) is 13.2 Å². The topological polar surface area (TPSA) is 61.1 Å². The lowest BCUT2D eigenvalue weighted by Gasteiger charge is -2.07. The highest BCUT2D eigenvalue weighted by atomic mass is 16.5. The molecule has 0 atom stereocenters. The van der Waals surface area contributed by atoms with Gasteiger partial charge in [0.25, 0.3) is 0 Å². The van der Waals surface area contributed by atoms with Crippen LogP contribution in [0.25, 0.3) is 11.0 Å². The molecule has 3 rings (SSSR count). The van der Waals surface area contributed by atoms with Gasteiger partial charge in [0.05, 0.1) is 17.6 Å². The highest BCUT2D eigenvalue weighted by Crippen LogP contribution is 2.13. The van der Waals surface area contributed by atoms with Gasteiger partial charge in [0.15, 0.2) is 0 Å². The summed E-state index contributed by atoms with van der Waals surface area (Å²) in [6.45, 7) is 2.26. The monoisotopic (exact) mass is 326 g/mol. The Hall–Kier alpha value is -2.60. The third-order valence-electron chi connectivity index (χ3n) is 4.05. The molecule has 0 unspecified atom stereocenters. The Kier molecular flexibility index (Phi) is 4.96. The number of aromatic nitrogens is 3. The minimum atomic E-state index is 0.00165. The van der Waals surface area contributed by atoms with Crippen LogP contribution in [-0.2, 0) is 20.6 Å². The van der Waals surface area contributed by atoms with E-state index in [0.717, 1.165) is 36.1 Å². The van der Waals surface area contributed by atoms with Crippen LogP contribution in [0.3, 0.4) is 0 Å². The zero-order valence-corrected chi connectivity index (χ0v) is 14.0. The van der Waals surface area contributed by atoms with Crippen molar-refractivity contribution in [3.8, 4) is 5.88 Å². The summed E-state index contributed by atoms with van der Waals surface area (Å²) in [5.74, 6) is 0.660. The van der Waals surface area contributed by atoms with E-state index in [1.54, 1.807) is 29.4 Å². The molecule has 1 N–H and O–H groups in total. The molecule has 0 aliphatic rings. The molecule has 2 heterocycles. The molecule has 126 valence electrons. The molecular weight excluding hydrogens is 304 g/mol. The molecule has 0 saturated carbocycles. The van der Waals surface area contributed by atoms with Crippen molar-refractivity contribution in [2.45, 2.75) is 13.0 Å². The van der Waals surface area contributed by atoms with Crippen LogP contribution in [0.2, 0.25) is 0 Å². The van der Waals surface area contributed by atoms with Crippen LogP contribution in [-0.4, -0.2) is 27.3 Å². The third kappa shape index (κ3) is 3.49. The summed E-state index contributed by atoms with van der Waals surface area (Å²) in [7, 11) is 3.60. The van der Waals surface area contributed by atoms with Crippen molar-refractivity contribution in [3.63, 3.8) is 0 Å². The van der Waals surface area contributed by atoms with Gasteiger partial charge in [-0.15, -0.1) is 0 Å². The molecule has 0 saturated heterocycles. The molecule has 0 spiro atoms. The summed E-state index contributed by atoms with van der Waals surface area (Å²) in [5, 5.41) is 3.40. The van der Waals surface area contributed by atoms with Gasteiger partial charge < -0.3 is 10.1 Å². The van der Waals surface area contributed by atoms with Gasteiger partial charge in [-0.2, -0.15) is 0 Å². The Labute approximate surface area is 140 Å². The van der Waals surface area contributed by atoms with E-state index in [-0.39, 0.29) is 5.69 Å². The molecule has 0 bridgehead atoms. The van der Waals surface area contributed by atoms with Crippen LogP contribution in [0, 0.1) is 0 Å². The number of benzene rings is 1. The quantitative estimate of drug-likeness (QED) is 0.673. The number of aryl methyl sites for hydroxylation is 2. The molecule has 2 aromatic heterocycles. The van der Waals surface area contributed by atoms with Gasteiger partial charge in [-0.3, -0.25) is 9.13 Å². The Balaban J connectivity index is 1.48. The summed E-state index contributed by atoms with van der Waals surface area (Å²) in [5.41, 5.74) is 3.08. The van der Waals surface area contributed by atoms with Gasteiger partial charge in [0, 0.05) is 32.9 Å². The Morgan fingerprint density at radius 2 is 1.96 bits per heavy atom. The summed E-state index contributed by atoms with van der Waals surface area (Å²) < 4.78 is 8.90. The first-order valence-corrected chi connectivity index (χ1v) is 8.05. The standard InChI is InChI=1S/C18H22N4O2/c1-21-15-8-7-14(12-16(15)22(2)18(21)23)13-19-9-5-11-24-17-6-3-4-10-20-17/h3-4,6-8,10,12,19H,5,9,11,13H2,1-2H3. The van der Waals surface area contributed by atoms with Crippen molar-refractivity contribution in [2.24, 2.45) is 14.1 Å². The predicted molar refractivity (Wildman–Crippen MR) is 94.2 cm³/mol. The maximum absolute atomic E-state index is 11.9. The number of fused-ring (bicyclic) bond motifs is 1. The van der Waals surface area contributed by atoms with Gasteiger partial charge in [0.2, 0.25) is 5.88 Å². The number of hydrogen-bond donors (Lipinski definition) is 1. The highest BCUT2D eigenvalue weighted by Gasteiger charge is 2.07. The van der Waals surface area contributed by atoms with E-state index in [1.807, 2.05) is 24.3 Å². The second-order valence-electron chi connectivity index (χ2n) is 5.77. The molecule has 24 heavy (non-hydrogen) atoms. The molecule has 1 aromatic carbocycles. The lowest BCUT2D eigenvalue weighted by Crippen LogP contribution is -2.19. The smallest absolute Gasteiger partial charge is 0.328 e. The molecule has 0 amide bonds.